The van der Waals surface area contributed by atoms with Gasteiger partial charge in [-0.3, -0.25) is 4.79 Å². The highest BCUT2D eigenvalue weighted by Gasteiger charge is 2.22. The molecule has 0 spiro atoms. The summed E-state index contributed by atoms with van der Waals surface area (Å²) in [6, 6.07) is 5.26. The third kappa shape index (κ3) is 3.03. The molecule has 1 aromatic carbocycles. The van der Waals surface area contributed by atoms with Crippen LogP contribution in [-0.2, 0) is 0 Å². The molecule has 0 aromatic heterocycles. The number of hydrogen-bond acceptors (Lipinski definition) is 3. The maximum Gasteiger partial charge on any atom is 0.249 e. The highest BCUT2D eigenvalue weighted by molar-refractivity contribution is 9.10. The average Bonchev–Trinajstić information content (AvgIpc) is 2.32. The number of hydrogen-bond donors (Lipinski definition) is 2. The van der Waals surface area contributed by atoms with Gasteiger partial charge in [0.2, 0.25) is 5.91 Å². The maximum atomic E-state index is 11.1. The van der Waals surface area contributed by atoms with Crippen molar-refractivity contribution in [2.75, 3.05) is 13.1 Å². The first-order chi connectivity index (χ1) is 8.58. The van der Waals surface area contributed by atoms with E-state index in [0.29, 0.717) is 16.0 Å². The van der Waals surface area contributed by atoms with Crippen LogP contribution in [0.2, 0.25) is 0 Å². The van der Waals surface area contributed by atoms with E-state index in [9.17, 15) is 4.79 Å². The molecule has 1 heterocycles. The van der Waals surface area contributed by atoms with E-state index >= 15 is 0 Å². The highest BCUT2D eigenvalue weighted by Crippen LogP contribution is 2.25. The quantitative estimate of drug-likeness (QED) is 0.896. The maximum absolute atomic E-state index is 11.1. The van der Waals surface area contributed by atoms with Gasteiger partial charge < -0.3 is 15.8 Å². The van der Waals surface area contributed by atoms with Gasteiger partial charge >= 0.3 is 0 Å². The minimum atomic E-state index is -0.443. The number of ether oxygens (including phenoxy) is 1. The van der Waals surface area contributed by atoms with E-state index in [-0.39, 0.29) is 6.10 Å². The number of halogens is 1. The van der Waals surface area contributed by atoms with Gasteiger partial charge in [0.25, 0.3) is 0 Å². The summed E-state index contributed by atoms with van der Waals surface area (Å²) in [5, 5.41) is 3.32. The van der Waals surface area contributed by atoms with Gasteiger partial charge in [-0.1, -0.05) is 6.92 Å². The van der Waals surface area contributed by atoms with Gasteiger partial charge in [0, 0.05) is 11.0 Å². The second-order valence-corrected chi connectivity index (χ2v) is 5.49. The molecular weight excluding hydrogens is 296 g/mol. The number of primary amides is 1. The predicted octanol–water partition coefficient (Wildman–Crippen LogP) is 1.92. The van der Waals surface area contributed by atoms with Gasteiger partial charge in [-0.2, -0.15) is 0 Å². The molecule has 2 atom stereocenters. The number of rotatable bonds is 3. The lowest BCUT2D eigenvalue weighted by Crippen LogP contribution is -2.42. The SMILES string of the molecule is CC1CCNCC1Oc1ccc(C(N)=O)c(Br)c1. The molecule has 18 heavy (non-hydrogen) atoms. The summed E-state index contributed by atoms with van der Waals surface area (Å²) < 4.78 is 6.61. The second-order valence-electron chi connectivity index (χ2n) is 4.63. The number of amides is 1. The largest absolute Gasteiger partial charge is 0.489 e. The minimum absolute atomic E-state index is 0.171. The summed E-state index contributed by atoms with van der Waals surface area (Å²) in [6.07, 6.45) is 1.29. The smallest absolute Gasteiger partial charge is 0.249 e. The topological polar surface area (TPSA) is 64.3 Å². The lowest BCUT2D eigenvalue weighted by atomic mass is 9.97. The molecule has 0 bridgehead atoms. The van der Waals surface area contributed by atoms with Gasteiger partial charge in [-0.25, -0.2) is 0 Å². The molecule has 0 radical (unpaired) electrons. The van der Waals surface area contributed by atoms with Crippen LogP contribution >= 0.6 is 15.9 Å². The fourth-order valence-electron chi connectivity index (χ4n) is 2.06. The van der Waals surface area contributed by atoms with E-state index in [1.54, 1.807) is 18.2 Å². The van der Waals surface area contributed by atoms with Crippen LogP contribution in [0.1, 0.15) is 23.7 Å². The summed E-state index contributed by atoms with van der Waals surface area (Å²) >= 11 is 3.33. The van der Waals surface area contributed by atoms with Crippen LogP contribution in [0.3, 0.4) is 0 Å². The zero-order valence-electron chi connectivity index (χ0n) is 10.3. The third-order valence-corrected chi connectivity index (χ3v) is 3.91. The molecule has 2 rings (SSSR count). The molecular formula is C13H17BrN2O2. The predicted molar refractivity (Wildman–Crippen MR) is 73.7 cm³/mol. The van der Waals surface area contributed by atoms with Gasteiger partial charge in [-0.05, 0) is 53.0 Å². The fraction of sp³-hybridized carbons (Fsp3) is 0.462. The van der Waals surface area contributed by atoms with Crippen LogP contribution < -0.4 is 15.8 Å². The van der Waals surface area contributed by atoms with Crippen molar-refractivity contribution in [3.05, 3.63) is 28.2 Å². The molecule has 4 nitrogen and oxygen atoms in total. The van der Waals surface area contributed by atoms with Gasteiger partial charge in [0.05, 0.1) is 5.56 Å². The van der Waals surface area contributed by atoms with Crippen LogP contribution in [-0.4, -0.2) is 25.1 Å². The van der Waals surface area contributed by atoms with Crippen molar-refractivity contribution in [2.24, 2.45) is 11.7 Å². The summed E-state index contributed by atoms with van der Waals surface area (Å²) in [5.41, 5.74) is 5.72. The number of carbonyl (C=O) groups is 1. The van der Waals surface area contributed by atoms with Crippen molar-refractivity contribution in [1.82, 2.24) is 5.32 Å². The molecule has 2 unspecified atom stereocenters. The van der Waals surface area contributed by atoms with E-state index in [1.807, 2.05) is 0 Å². The van der Waals surface area contributed by atoms with Crippen molar-refractivity contribution in [1.29, 1.82) is 0 Å². The molecule has 3 N–H and O–H groups in total. The molecule has 1 aromatic rings. The molecule has 1 amide bonds. The third-order valence-electron chi connectivity index (χ3n) is 3.25. The van der Waals surface area contributed by atoms with Gasteiger partial charge in [-0.15, -0.1) is 0 Å². The zero-order chi connectivity index (χ0) is 13.1. The minimum Gasteiger partial charge on any atom is -0.489 e. The van der Waals surface area contributed by atoms with Crippen molar-refractivity contribution >= 4 is 21.8 Å². The zero-order valence-corrected chi connectivity index (χ0v) is 11.9. The van der Waals surface area contributed by atoms with Crippen LogP contribution in [0.15, 0.2) is 22.7 Å². The average molecular weight is 313 g/mol. The van der Waals surface area contributed by atoms with E-state index in [4.69, 9.17) is 10.5 Å². The fourth-order valence-corrected chi connectivity index (χ4v) is 2.62. The second kappa shape index (κ2) is 5.71. The Kier molecular flexibility index (Phi) is 4.24. The van der Waals surface area contributed by atoms with Crippen LogP contribution in [0.25, 0.3) is 0 Å². The van der Waals surface area contributed by atoms with E-state index in [2.05, 4.69) is 28.2 Å². The standard InChI is InChI=1S/C13H17BrN2O2/c1-8-4-5-16-7-12(8)18-9-2-3-10(13(15)17)11(14)6-9/h2-3,6,8,12,16H,4-5,7H2,1H3,(H2,15,17). The normalized spacial score (nSPS) is 23.7. The number of nitrogens with two attached hydrogens (primary N) is 1. The number of benzene rings is 1. The molecule has 1 aliphatic heterocycles. The molecule has 1 fully saturated rings. The lowest BCUT2D eigenvalue weighted by Gasteiger charge is -2.30. The summed E-state index contributed by atoms with van der Waals surface area (Å²) in [5.74, 6) is 0.842. The summed E-state index contributed by atoms with van der Waals surface area (Å²) in [7, 11) is 0. The molecule has 0 aliphatic carbocycles. The van der Waals surface area contributed by atoms with Crippen LogP contribution in [0, 0.1) is 5.92 Å². The Morgan fingerprint density at radius 1 is 1.56 bits per heavy atom. The summed E-state index contributed by atoms with van der Waals surface area (Å²) in [4.78, 5) is 11.1. The van der Waals surface area contributed by atoms with Gasteiger partial charge in [0.15, 0.2) is 0 Å². The van der Waals surface area contributed by atoms with Crippen molar-refractivity contribution < 1.29 is 9.53 Å². The van der Waals surface area contributed by atoms with E-state index in [1.165, 1.54) is 0 Å². The first kappa shape index (κ1) is 13.4. The Bertz CT molecular complexity index is 451. The van der Waals surface area contributed by atoms with Crippen molar-refractivity contribution in [2.45, 2.75) is 19.4 Å². The first-order valence-corrected chi connectivity index (χ1v) is 6.84. The molecule has 0 saturated carbocycles. The Labute approximate surface area is 115 Å². The molecule has 5 heteroatoms. The van der Waals surface area contributed by atoms with Crippen molar-refractivity contribution in [3.63, 3.8) is 0 Å². The van der Waals surface area contributed by atoms with Crippen LogP contribution in [0.5, 0.6) is 5.75 Å². The number of piperidine rings is 1. The Morgan fingerprint density at radius 3 is 2.94 bits per heavy atom. The Hall–Kier alpha value is -1.07. The number of carbonyl (C=O) groups excluding carboxylic acids is 1. The Morgan fingerprint density at radius 2 is 2.33 bits per heavy atom. The number of nitrogens with one attached hydrogen (secondary N) is 1. The van der Waals surface area contributed by atoms with Gasteiger partial charge in [0.1, 0.15) is 11.9 Å². The van der Waals surface area contributed by atoms with E-state index in [0.717, 1.165) is 25.3 Å². The molecule has 1 aliphatic rings. The highest BCUT2D eigenvalue weighted by atomic mass is 79.9. The van der Waals surface area contributed by atoms with E-state index < -0.39 is 5.91 Å². The monoisotopic (exact) mass is 312 g/mol. The van der Waals surface area contributed by atoms with Crippen molar-refractivity contribution in [3.8, 4) is 5.75 Å². The lowest BCUT2D eigenvalue weighted by molar-refractivity contribution is 0.0999. The summed E-state index contributed by atoms with van der Waals surface area (Å²) in [6.45, 7) is 4.10. The Balaban J connectivity index is 2.10. The first-order valence-electron chi connectivity index (χ1n) is 6.04. The van der Waals surface area contributed by atoms with Crippen LogP contribution in [0.4, 0.5) is 0 Å². The molecule has 98 valence electrons. The molecule has 1 saturated heterocycles.